The van der Waals surface area contributed by atoms with Crippen LogP contribution in [0.3, 0.4) is 0 Å². The zero-order chi connectivity index (χ0) is 27.9. The van der Waals surface area contributed by atoms with Crippen molar-refractivity contribution in [3.05, 3.63) is 24.3 Å². The summed E-state index contributed by atoms with van der Waals surface area (Å²) in [5.41, 5.74) is -0.440. The largest absolute Gasteiger partial charge is 0.481 e. The van der Waals surface area contributed by atoms with Gasteiger partial charge in [0, 0.05) is 5.41 Å². The van der Waals surface area contributed by atoms with Crippen LogP contribution in [-0.2, 0) is 14.3 Å². The summed E-state index contributed by atoms with van der Waals surface area (Å²) in [6, 6.07) is 0. The van der Waals surface area contributed by atoms with Crippen molar-refractivity contribution in [1.29, 1.82) is 0 Å². The summed E-state index contributed by atoms with van der Waals surface area (Å²) >= 11 is 0. The zero-order valence-electron chi connectivity index (χ0n) is 25.2. The van der Waals surface area contributed by atoms with E-state index in [9.17, 15) is 14.7 Å². The number of ether oxygens (including phenoxy) is 1. The first-order chi connectivity index (χ1) is 19.0. The number of aliphatic carboxylic acids is 1. The molecule has 0 aliphatic heterocycles. The molecule has 220 valence electrons. The second-order valence-corrected chi connectivity index (χ2v) is 16.6. The molecule has 4 heteroatoms. The molecule has 40 heavy (non-hydrogen) atoms. The van der Waals surface area contributed by atoms with Gasteiger partial charge in [-0.15, -0.1) is 0 Å². The summed E-state index contributed by atoms with van der Waals surface area (Å²) in [6.07, 6.45) is 27.4. The molecular formula is C36H52O4. The Balaban J connectivity index is 0.000000139. The highest BCUT2D eigenvalue weighted by molar-refractivity contribution is 5.78. The number of fused-ring (bicyclic) bond motifs is 4. The van der Waals surface area contributed by atoms with Crippen LogP contribution in [0, 0.1) is 63.6 Å². The topological polar surface area (TPSA) is 63.6 Å². The number of esters is 1. The Labute approximate surface area is 241 Å². The fourth-order valence-corrected chi connectivity index (χ4v) is 12.2. The molecule has 0 aromatic rings. The van der Waals surface area contributed by atoms with Gasteiger partial charge in [-0.3, -0.25) is 9.59 Å². The third-order valence-corrected chi connectivity index (χ3v) is 14.1. The van der Waals surface area contributed by atoms with E-state index < -0.39 is 11.4 Å². The first kappa shape index (κ1) is 27.3. The number of hydrogen-bond acceptors (Lipinski definition) is 3. The molecule has 8 bridgehead atoms. The summed E-state index contributed by atoms with van der Waals surface area (Å²) in [6.45, 7) is 6.69. The van der Waals surface area contributed by atoms with Gasteiger partial charge < -0.3 is 9.84 Å². The Kier molecular flexibility index (Phi) is 6.45. The van der Waals surface area contributed by atoms with Crippen LogP contribution in [0.2, 0.25) is 0 Å². The number of allylic oxidation sites excluding steroid dienone is 4. The van der Waals surface area contributed by atoms with Gasteiger partial charge in [-0.1, -0.05) is 50.5 Å². The van der Waals surface area contributed by atoms with Gasteiger partial charge in [-0.2, -0.15) is 0 Å². The summed E-state index contributed by atoms with van der Waals surface area (Å²) < 4.78 is 6.29. The Hall–Kier alpha value is -1.58. The van der Waals surface area contributed by atoms with E-state index in [1.807, 2.05) is 0 Å². The molecular weight excluding hydrogens is 496 g/mol. The maximum Gasteiger partial charge on any atom is 0.310 e. The molecule has 7 fully saturated rings. The van der Waals surface area contributed by atoms with Crippen molar-refractivity contribution >= 4 is 11.9 Å². The lowest BCUT2D eigenvalue weighted by molar-refractivity contribution is -0.202. The van der Waals surface area contributed by atoms with Crippen LogP contribution in [0.4, 0.5) is 0 Å². The Morgan fingerprint density at radius 3 is 1.88 bits per heavy atom. The molecule has 6 unspecified atom stereocenters. The van der Waals surface area contributed by atoms with Gasteiger partial charge in [0.05, 0.1) is 11.3 Å². The standard InChI is InChI=1S/C21H30O2.C15H22O2/c1-20(2,23-19(22)18-9-13-3-4-17(18)8-13)21-10-14-5-15(11-21)7-16(6-14)12-21;1-14(7-3-2-4-8-14)15(13(16)17)10-11-5-6-12(15)9-11/h3-4,13-18H,5-12H2,1-2H3;5-6,11-12H,2-4,7-10H2,1H3,(H,16,17). The van der Waals surface area contributed by atoms with Crippen molar-refractivity contribution in [3.8, 4) is 0 Å². The Bertz CT molecular complexity index is 1060. The summed E-state index contributed by atoms with van der Waals surface area (Å²) in [7, 11) is 0. The van der Waals surface area contributed by atoms with Crippen LogP contribution in [0.5, 0.6) is 0 Å². The highest BCUT2D eigenvalue weighted by atomic mass is 16.6. The summed E-state index contributed by atoms with van der Waals surface area (Å²) in [5, 5.41) is 9.87. The second kappa shape index (κ2) is 9.46. The van der Waals surface area contributed by atoms with Gasteiger partial charge in [0.15, 0.2) is 0 Å². The van der Waals surface area contributed by atoms with E-state index in [0.717, 1.165) is 49.9 Å². The maximum absolute atomic E-state index is 12.9. The maximum atomic E-state index is 12.9. The third kappa shape index (κ3) is 4.11. The van der Waals surface area contributed by atoms with E-state index in [2.05, 4.69) is 45.1 Å². The van der Waals surface area contributed by atoms with Gasteiger partial charge in [-0.25, -0.2) is 0 Å². The van der Waals surface area contributed by atoms with E-state index in [1.165, 1.54) is 64.2 Å². The summed E-state index contributed by atoms with van der Waals surface area (Å²) in [4.78, 5) is 24.9. The molecule has 1 N–H and O–H groups in total. The number of hydrogen-bond donors (Lipinski definition) is 1. The van der Waals surface area contributed by atoms with Crippen LogP contribution in [0.25, 0.3) is 0 Å². The fraction of sp³-hybridized carbons (Fsp3) is 0.833. The average molecular weight is 549 g/mol. The van der Waals surface area contributed by atoms with E-state index >= 15 is 0 Å². The molecule has 0 heterocycles. The molecule has 4 nitrogen and oxygen atoms in total. The molecule has 9 aliphatic carbocycles. The smallest absolute Gasteiger partial charge is 0.310 e. The second-order valence-electron chi connectivity index (χ2n) is 16.6. The highest BCUT2D eigenvalue weighted by Crippen LogP contribution is 2.66. The van der Waals surface area contributed by atoms with E-state index in [-0.39, 0.29) is 28.3 Å². The number of rotatable bonds is 5. The normalized spacial score (nSPS) is 46.9. The molecule has 0 aromatic carbocycles. The third-order valence-electron chi connectivity index (χ3n) is 14.1. The number of carboxylic acids is 1. The van der Waals surface area contributed by atoms with Crippen molar-refractivity contribution in [2.75, 3.05) is 0 Å². The van der Waals surface area contributed by atoms with Gasteiger partial charge in [0.2, 0.25) is 0 Å². The number of carbonyl (C=O) groups excluding carboxylic acids is 1. The Morgan fingerprint density at radius 1 is 0.775 bits per heavy atom. The van der Waals surface area contributed by atoms with Crippen LogP contribution in [0.15, 0.2) is 24.3 Å². The predicted molar refractivity (Wildman–Crippen MR) is 156 cm³/mol. The molecule has 0 saturated heterocycles. The first-order valence-corrected chi connectivity index (χ1v) is 16.9. The number of carbonyl (C=O) groups is 2. The lowest BCUT2D eigenvalue weighted by Crippen LogP contribution is -2.57. The minimum atomic E-state index is -0.529. The SMILES string of the molecule is CC(C)(OC(=O)C1CC2C=CC1C2)C12CC3CC(CC(C3)C1)C2.CC1(C2(C(=O)O)CC3C=CC2C3)CCCCC1. The molecule has 6 atom stereocenters. The quantitative estimate of drug-likeness (QED) is 0.277. The van der Waals surface area contributed by atoms with Gasteiger partial charge in [0.25, 0.3) is 0 Å². The molecule has 9 rings (SSSR count). The summed E-state index contributed by atoms with van der Waals surface area (Å²) in [5.74, 6) is 4.36. The molecule has 0 radical (unpaired) electrons. The number of carboxylic acid groups (broad SMARTS) is 1. The minimum absolute atomic E-state index is 0.0290. The van der Waals surface area contributed by atoms with Crippen molar-refractivity contribution in [3.63, 3.8) is 0 Å². The van der Waals surface area contributed by atoms with E-state index in [4.69, 9.17) is 4.74 Å². The zero-order valence-corrected chi connectivity index (χ0v) is 25.2. The van der Waals surface area contributed by atoms with E-state index in [1.54, 1.807) is 0 Å². The molecule has 9 aliphatic rings. The minimum Gasteiger partial charge on any atom is -0.481 e. The molecule has 0 spiro atoms. The lowest BCUT2D eigenvalue weighted by atomic mass is 9.46. The van der Waals surface area contributed by atoms with Crippen molar-refractivity contribution < 1.29 is 19.4 Å². The van der Waals surface area contributed by atoms with Gasteiger partial charge in [0.1, 0.15) is 5.60 Å². The van der Waals surface area contributed by atoms with Crippen LogP contribution in [-0.4, -0.2) is 22.6 Å². The van der Waals surface area contributed by atoms with E-state index in [0.29, 0.717) is 23.7 Å². The average Bonchev–Trinajstić information content (AvgIpc) is 3.70. The van der Waals surface area contributed by atoms with Crippen molar-refractivity contribution in [1.82, 2.24) is 0 Å². The molecule has 0 aromatic heterocycles. The molecule has 0 amide bonds. The van der Waals surface area contributed by atoms with Crippen LogP contribution < -0.4 is 0 Å². The first-order valence-electron chi connectivity index (χ1n) is 16.9. The van der Waals surface area contributed by atoms with Crippen molar-refractivity contribution in [2.24, 2.45) is 63.6 Å². The lowest BCUT2D eigenvalue weighted by Gasteiger charge is -2.61. The van der Waals surface area contributed by atoms with Crippen LogP contribution in [0.1, 0.15) is 117 Å². The fourth-order valence-electron chi connectivity index (χ4n) is 12.2. The van der Waals surface area contributed by atoms with Gasteiger partial charge in [-0.05, 0) is 138 Å². The predicted octanol–water partition coefficient (Wildman–Crippen LogP) is 8.36. The highest BCUT2D eigenvalue weighted by Gasteiger charge is 2.63. The van der Waals surface area contributed by atoms with Crippen molar-refractivity contribution in [2.45, 2.75) is 123 Å². The molecule has 7 saturated carbocycles. The Morgan fingerprint density at radius 2 is 1.40 bits per heavy atom. The van der Waals surface area contributed by atoms with Gasteiger partial charge >= 0.3 is 11.9 Å². The monoisotopic (exact) mass is 548 g/mol. The van der Waals surface area contributed by atoms with Crippen LogP contribution >= 0.6 is 0 Å².